The lowest BCUT2D eigenvalue weighted by Crippen LogP contribution is -2.27. The third-order valence-electron chi connectivity index (χ3n) is 2.32. The molecule has 0 aliphatic carbocycles. The Hall–Kier alpha value is -1.14. The van der Waals surface area contributed by atoms with Crippen LogP contribution in [-0.4, -0.2) is 51.3 Å². The number of rotatable bonds is 12. The largest absolute Gasteiger partial charge is 0.377 e. The SMILES string of the molecule is CCCCC(=O)NCCOCCOCCNC(C)=O. The maximum Gasteiger partial charge on any atom is 0.220 e. The van der Waals surface area contributed by atoms with Gasteiger partial charge in [0, 0.05) is 26.4 Å². The second-order valence-corrected chi connectivity index (χ2v) is 4.16. The lowest BCUT2D eigenvalue weighted by Gasteiger charge is -2.07. The Morgan fingerprint density at radius 1 is 0.947 bits per heavy atom. The predicted octanol–water partition coefficient (Wildman–Crippen LogP) is 0.462. The molecule has 0 saturated carbocycles. The van der Waals surface area contributed by atoms with Crippen molar-refractivity contribution in [2.24, 2.45) is 0 Å². The standard InChI is InChI=1S/C13H26N2O4/c1-3-4-5-13(17)15-7-9-19-11-10-18-8-6-14-12(2)16/h3-11H2,1-2H3,(H,14,16)(H,15,17). The summed E-state index contributed by atoms with van der Waals surface area (Å²) in [5.41, 5.74) is 0. The van der Waals surface area contributed by atoms with Crippen molar-refractivity contribution < 1.29 is 19.1 Å². The van der Waals surface area contributed by atoms with Crippen LogP contribution < -0.4 is 10.6 Å². The molecule has 0 atom stereocenters. The molecule has 0 rings (SSSR count). The van der Waals surface area contributed by atoms with Crippen LogP contribution in [0.5, 0.6) is 0 Å². The Balaban J connectivity index is 3.10. The number of unbranched alkanes of at least 4 members (excludes halogenated alkanes) is 1. The lowest BCUT2D eigenvalue weighted by molar-refractivity contribution is -0.121. The molecule has 0 unspecified atom stereocenters. The van der Waals surface area contributed by atoms with Crippen molar-refractivity contribution in [1.29, 1.82) is 0 Å². The first kappa shape index (κ1) is 17.9. The summed E-state index contributed by atoms with van der Waals surface area (Å²) < 4.78 is 10.5. The second kappa shape index (κ2) is 13.3. The molecule has 0 saturated heterocycles. The molecular formula is C13H26N2O4. The highest BCUT2D eigenvalue weighted by molar-refractivity contribution is 5.75. The molecule has 19 heavy (non-hydrogen) atoms. The first-order chi connectivity index (χ1) is 9.16. The fourth-order valence-electron chi connectivity index (χ4n) is 1.31. The van der Waals surface area contributed by atoms with Crippen molar-refractivity contribution in [2.45, 2.75) is 33.1 Å². The quantitative estimate of drug-likeness (QED) is 0.507. The summed E-state index contributed by atoms with van der Waals surface area (Å²) >= 11 is 0. The van der Waals surface area contributed by atoms with Crippen molar-refractivity contribution >= 4 is 11.8 Å². The maximum atomic E-state index is 11.2. The van der Waals surface area contributed by atoms with E-state index in [2.05, 4.69) is 17.6 Å². The second-order valence-electron chi connectivity index (χ2n) is 4.16. The minimum atomic E-state index is -0.0568. The Bertz CT molecular complexity index is 247. The van der Waals surface area contributed by atoms with Gasteiger partial charge in [0.15, 0.2) is 0 Å². The third-order valence-corrected chi connectivity index (χ3v) is 2.32. The van der Waals surface area contributed by atoms with Gasteiger partial charge in [0.1, 0.15) is 0 Å². The van der Waals surface area contributed by atoms with Gasteiger partial charge in [-0.2, -0.15) is 0 Å². The zero-order valence-electron chi connectivity index (χ0n) is 12.0. The molecule has 0 aromatic carbocycles. The molecule has 0 heterocycles. The van der Waals surface area contributed by atoms with E-state index in [1.165, 1.54) is 6.92 Å². The Morgan fingerprint density at radius 2 is 1.53 bits per heavy atom. The average Bonchev–Trinajstić information content (AvgIpc) is 2.38. The van der Waals surface area contributed by atoms with Gasteiger partial charge in [-0.1, -0.05) is 13.3 Å². The molecule has 0 spiro atoms. The van der Waals surface area contributed by atoms with Crippen LogP contribution >= 0.6 is 0 Å². The fraction of sp³-hybridized carbons (Fsp3) is 0.846. The highest BCUT2D eigenvalue weighted by Gasteiger charge is 1.98. The van der Waals surface area contributed by atoms with Crippen LogP contribution in [0, 0.1) is 0 Å². The number of hydrogen-bond donors (Lipinski definition) is 2. The van der Waals surface area contributed by atoms with Gasteiger partial charge in [-0.05, 0) is 6.42 Å². The van der Waals surface area contributed by atoms with Crippen molar-refractivity contribution in [1.82, 2.24) is 10.6 Å². The van der Waals surface area contributed by atoms with Crippen molar-refractivity contribution in [3.05, 3.63) is 0 Å². The van der Waals surface area contributed by atoms with Crippen LogP contribution in [0.1, 0.15) is 33.1 Å². The minimum absolute atomic E-state index is 0.0568. The molecule has 2 amide bonds. The average molecular weight is 274 g/mol. The molecule has 0 fully saturated rings. The third kappa shape index (κ3) is 14.8. The summed E-state index contributed by atoms with van der Waals surface area (Å²) in [6.45, 7) is 6.54. The Kier molecular flexibility index (Phi) is 12.5. The number of carbonyl (C=O) groups excluding carboxylic acids is 2. The molecule has 6 heteroatoms. The maximum absolute atomic E-state index is 11.2. The molecule has 0 bridgehead atoms. The van der Waals surface area contributed by atoms with Gasteiger partial charge in [0.2, 0.25) is 11.8 Å². The molecule has 0 aliphatic rings. The van der Waals surface area contributed by atoms with E-state index >= 15 is 0 Å². The van der Waals surface area contributed by atoms with Crippen LogP contribution in [0.25, 0.3) is 0 Å². The number of nitrogens with one attached hydrogen (secondary N) is 2. The normalized spacial score (nSPS) is 10.2. The molecule has 0 aromatic rings. The molecule has 0 radical (unpaired) electrons. The van der Waals surface area contributed by atoms with Gasteiger partial charge in [0.25, 0.3) is 0 Å². The number of carbonyl (C=O) groups is 2. The van der Waals surface area contributed by atoms with Crippen molar-refractivity contribution in [3.8, 4) is 0 Å². The monoisotopic (exact) mass is 274 g/mol. The van der Waals surface area contributed by atoms with E-state index in [4.69, 9.17) is 9.47 Å². The van der Waals surface area contributed by atoms with E-state index in [0.29, 0.717) is 45.9 Å². The topological polar surface area (TPSA) is 76.7 Å². The van der Waals surface area contributed by atoms with Crippen LogP contribution in [0.2, 0.25) is 0 Å². The number of ether oxygens (including phenoxy) is 2. The van der Waals surface area contributed by atoms with Crippen LogP contribution in [0.15, 0.2) is 0 Å². The van der Waals surface area contributed by atoms with Gasteiger partial charge in [-0.3, -0.25) is 9.59 Å². The van der Waals surface area contributed by atoms with E-state index in [1.807, 2.05) is 0 Å². The summed E-state index contributed by atoms with van der Waals surface area (Å²) in [5.74, 6) is 0.0238. The van der Waals surface area contributed by atoms with E-state index in [0.717, 1.165) is 12.8 Å². The molecule has 0 aliphatic heterocycles. The highest BCUT2D eigenvalue weighted by atomic mass is 16.5. The minimum Gasteiger partial charge on any atom is -0.377 e. The smallest absolute Gasteiger partial charge is 0.220 e. The van der Waals surface area contributed by atoms with Crippen LogP contribution in [-0.2, 0) is 19.1 Å². The first-order valence-corrected chi connectivity index (χ1v) is 6.83. The van der Waals surface area contributed by atoms with Crippen molar-refractivity contribution in [2.75, 3.05) is 39.5 Å². The fourth-order valence-corrected chi connectivity index (χ4v) is 1.31. The van der Waals surface area contributed by atoms with Gasteiger partial charge in [-0.15, -0.1) is 0 Å². The molecule has 6 nitrogen and oxygen atoms in total. The molecule has 112 valence electrons. The van der Waals surface area contributed by atoms with Crippen molar-refractivity contribution in [3.63, 3.8) is 0 Å². The summed E-state index contributed by atoms with van der Waals surface area (Å²) in [4.78, 5) is 21.8. The summed E-state index contributed by atoms with van der Waals surface area (Å²) in [5, 5.41) is 5.42. The molecule has 2 N–H and O–H groups in total. The Labute approximate surface area is 115 Å². The first-order valence-electron chi connectivity index (χ1n) is 6.83. The lowest BCUT2D eigenvalue weighted by atomic mass is 10.2. The van der Waals surface area contributed by atoms with Gasteiger partial charge in [0.05, 0.1) is 26.4 Å². The highest BCUT2D eigenvalue weighted by Crippen LogP contribution is 1.92. The van der Waals surface area contributed by atoms with E-state index in [-0.39, 0.29) is 11.8 Å². The van der Waals surface area contributed by atoms with E-state index in [1.54, 1.807) is 0 Å². The van der Waals surface area contributed by atoms with Gasteiger partial charge >= 0.3 is 0 Å². The van der Waals surface area contributed by atoms with Gasteiger partial charge in [-0.25, -0.2) is 0 Å². The summed E-state index contributed by atoms with van der Waals surface area (Å²) in [7, 11) is 0. The van der Waals surface area contributed by atoms with Gasteiger partial charge < -0.3 is 20.1 Å². The zero-order chi connectivity index (χ0) is 14.3. The zero-order valence-corrected chi connectivity index (χ0v) is 12.0. The van der Waals surface area contributed by atoms with E-state index < -0.39 is 0 Å². The van der Waals surface area contributed by atoms with Crippen LogP contribution in [0.3, 0.4) is 0 Å². The predicted molar refractivity (Wildman–Crippen MR) is 72.9 cm³/mol. The molecular weight excluding hydrogens is 248 g/mol. The summed E-state index contributed by atoms with van der Waals surface area (Å²) in [6.07, 6.45) is 2.54. The summed E-state index contributed by atoms with van der Waals surface area (Å²) in [6, 6.07) is 0. The number of amides is 2. The number of hydrogen-bond acceptors (Lipinski definition) is 4. The Morgan fingerprint density at radius 3 is 2.05 bits per heavy atom. The van der Waals surface area contributed by atoms with Crippen LogP contribution in [0.4, 0.5) is 0 Å². The van der Waals surface area contributed by atoms with E-state index in [9.17, 15) is 9.59 Å². The molecule has 0 aromatic heterocycles.